The van der Waals surface area contributed by atoms with Crippen molar-refractivity contribution in [2.75, 3.05) is 25.0 Å². The van der Waals surface area contributed by atoms with Gasteiger partial charge in [0.15, 0.2) is 0 Å². The van der Waals surface area contributed by atoms with E-state index in [0.717, 1.165) is 23.4 Å². The van der Waals surface area contributed by atoms with Crippen molar-refractivity contribution in [1.29, 1.82) is 0 Å². The lowest BCUT2D eigenvalue weighted by molar-refractivity contribution is 0.611. The van der Waals surface area contributed by atoms with Crippen LogP contribution in [0.5, 0.6) is 0 Å². The maximum atomic E-state index is 5.90. The predicted molar refractivity (Wildman–Crippen MR) is 71.2 cm³/mol. The van der Waals surface area contributed by atoms with E-state index >= 15 is 0 Å². The van der Waals surface area contributed by atoms with Crippen LogP contribution in [-0.4, -0.2) is 31.2 Å². The highest BCUT2D eigenvalue weighted by Crippen LogP contribution is 2.31. The molecule has 88 valence electrons. The standard InChI is InChI=1S/C11H15BrClN3/c1-14-7-9-3-2-4-16(9)11-10(12)5-8(13)6-15-11/h5-6,9,14H,2-4,7H2,1H3. The van der Waals surface area contributed by atoms with E-state index in [1.807, 2.05) is 13.1 Å². The Hall–Kier alpha value is -0.320. The molecule has 1 aliphatic heterocycles. The zero-order chi connectivity index (χ0) is 11.5. The Kier molecular flexibility index (Phi) is 4.05. The fraction of sp³-hybridized carbons (Fsp3) is 0.545. The Morgan fingerprint density at radius 2 is 2.50 bits per heavy atom. The molecule has 2 heterocycles. The van der Waals surface area contributed by atoms with Gasteiger partial charge in [0.25, 0.3) is 0 Å². The number of anilines is 1. The highest BCUT2D eigenvalue weighted by Gasteiger charge is 2.26. The minimum atomic E-state index is 0.537. The quantitative estimate of drug-likeness (QED) is 0.930. The molecule has 0 bridgehead atoms. The van der Waals surface area contributed by atoms with E-state index in [9.17, 15) is 0 Å². The molecular formula is C11H15BrClN3. The van der Waals surface area contributed by atoms with Crippen LogP contribution in [0.3, 0.4) is 0 Å². The number of hydrogen-bond acceptors (Lipinski definition) is 3. The lowest BCUT2D eigenvalue weighted by Crippen LogP contribution is -2.37. The number of nitrogens with one attached hydrogen (secondary N) is 1. The van der Waals surface area contributed by atoms with Gasteiger partial charge in [0.1, 0.15) is 5.82 Å². The van der Waals surface area contributed by atoms with E-state index in [1.165, 1.54) is 12.8 Å². The van der Waals surface area contributed by atoms with Gasteiger partial charge < -0.3 is 10.2 Å². The Morgan fingerprint density at radius 1 is 1.69 bits per heavy atom. The van der Waals surface area contributed by atoms with Crippen LogP contribution in [0.1, 0.15) is 12.8 Å². The third kappa shape index (κ3) is 2.50. The van der Waals surface area contributed by atoms with Crippen LogP contribution < -0.4 is 10.2 Å². The van der Waals surface area contributed by atoms with E-state index in [0.29, 0.717) is 11.1 Å². The van der Waals surface area contributed by atoms with Crippen molar-refractivity contribution in [3.05, 3.63) is 21.8 Å². The molecule has 0 amide bonds. The lowest BCUT2D eigenvalue weighted by Gasteiger charge is -2.26. The summed E-state index contributed by atoms with van der Waals surface area (Å²) in [4.78, 5) is 6.76. The van der Waals surface area contributed by atoms with Crippen molar-refractivity contribution in [1.82, 2.24) is 10.3 Å². The number of pyridine rings is 1. The molecule has 1 N–H and O–H groups in total. The number of nitrogens with zero attached hydrogens (tertiary/aromatic N) is 2. The first-order chi connectivity index (χ1) is 7.72. The SMILES string of the molecule is CNCC1CCCN1c1ncc(Cl)cc1Br. The van der Waals surface area contributed by atoms with Gasteiger partial charge in [0.2, 0.25) is 0 Å². The molecule has 0 aromatic carbocycles. The largest absolute Gasteiger partial charge is 0.351 e. The predicted octanol–water partition coefficient (Wildman–Crippen LogP) is 2.69. The summed E-state index contributed by atoms with van der Waals surface area (Å²) in [6.07, 6.45) is 4.15. The molecule has 16 heavy (non-hydrogen) atoms. The zero-order valence-corrected chi connectivity index (χ0v) is 11.6. The molecule has 1 fully saturated rings. The number of hydrogen-bond donors (Lipinski definition) is 1. The Labute approximate surface area is 109 Å². The molecule has 2 rings (SSSR count). The number of halogens is 2. The smallest absolute Gasteiger partial charge is 0.143 e. The van der Waals surface area contributed by atoms with Gasteiger partial charge >= 0.3 is 0 Å². The zero-order valence-electron chi connectivity index (χ0n) is 9.21. The minimum Gasteiger partial charge on any atom is -0.351 e. The summed E-state index contributed by atoms with van der Waals surface area (Å²) < 4.78 is 0.975. The number of aromatic nitrogens is 1. The third-order valence-electron chi connectivity index (χ3n) is 2.88. The second-order valence-electron chi connectivity index (χ2n) is 4.01. The fourth-order valence-electron chi connectivity index (χ4n) is 2.18. The van der Waals surface area contributed by atoms with Crippen LogP contribution in [-0.2, 0) is 0 Å². The molecule has 0 saturated carbocycles. The molecule has 3 nitrogen and oxygen atoms in total. The molecule has 0 spiro atoms. The van der Waals surface area contributed by atoms with Gasteiger partial charge in [-0.3, -0.25) is 0 Å². The van der Waals surface area contributed by atoms with E-state index in [1.54, 1.807) is 6.20 Å². The first kappa shape index (κ1) is 12.1. The van der Waals surface area contributed by atoms with Crippen molar-refractivity contribution in [2.45, 2.75) is 18.9 Å². The molecule has 1 aromatic rings. The van der Waals surface area contributed by atoms with Crippen molar-refractivity contribution >= 4 is 33.3 Å². The summed E-state index contributed by atoms with van der Waals surface area (Å²) in [5, 5.41) is 3.90. The average Bonchev–Trinajstić information content (AvgIpc) is 2.67. The van der Waals surface area contributed by atoms with Crippen LogP contribution in [0.25, 0.3) is 0 Å². The molecule has 0 radical (unpaired) electrons. The lowest BCUT2D eigenvalue weighted by atomic mass is 10.2. The molecule has 5 heteroatoms. The molecule has 1 aromatic heterocycles. The topological polar surface area (TPSA) is 28.2 Å². The van der Waals surface area contributed by atoms with E-state index in [4.69, 9.17) is 11.6 Å². The molecule has 1 saturated heterocycles. The highest BCUT2D eigenvalue weighted by molar-refractivity contribution is 9.10. The summed E-state index contributed by atoms with van der Waals surface area (Å²) in [6.45, 7) is 2.07. The van der Waals surface area contributed by atoms with Crippen molar-refractivity contribution < 1.29 is 0 Å². The Bertz CT molecular complexity index is 372. The number of rotatable bonds is 3. The second kappa shape index (κ2) is 5.34. The van der Waals surface area contributed by atoms with E-state index in [-0.39, 0.29) is 0 Å². The summed E-state index contributed by atoms with van der Waals surface area (Å²) in [6, 6.07) is 2.44. The van der Waals surface area contributed by atoms with Gasteiger partial charge in [0, 0.05) is 25.3 Å². The van der Waals surface area contributed by atoms with Crippen LogP contribution in [0.15, 0.2) is 16.7 Å². The summed E-state index contributed by atoms with van der Waals surface area (Å²) in [5.41, 5.74) is 0. The number of likely N-dealkylation sites (N-methyl/N-ethyl adjacent to an activating group) is 1. The van der Waals surface area contributed by atoms with Crippen LogP contribution in [0.4, 0.5) is 5.82 Å². The average molecular weight is 305 g/mol. The van der Waals surface area contributed by atoms with Crippen LogP contribution in [0, 0.1) is 0 Å². The maximum Gasteiger partial charge on any atom is 0.143 e. The maximum absolute atomic E-state index is 5.90. The molecule has 0 aliphatic carbocycles. The monoisotopic (exact) mass is 303 g/mol. The van der Waals surface area contributed by atoms with Crippen molar-refractivity contribution in [3.8, 4) is 0 Å². The van der Waals surface area contributed by atoms with Crippen molar-refractivity contribution in [3.63, 3.8) is 0 Å². The first-order valence-corrected chi connectivity index (χ1v) is 6.61. The van der Waals surface area contributed by atoms with Gasteiger partial charge in [-0.2, -0.15) is 0 Å². The molecule has 1 atom stereocenters. The van der Waals surface area contributed by atoms with Gasteiger partial charge in [-0.05, 0) is 41.9 Å². The van der Waals surface area contributed by atoms with Crippen LogP contribution >= 0.6 is 27.5 Å². The van der Waals surface area contributed by atoms with E-state index < -0.39 is 0 Å². The van der Waals surface area contributed by atoms with Crippen molar-refractivity contribution in [2.24, 2.45) is 0 Å². The normalized spacial score (nSPS) is 20.4. The van der Waals surface area contributed by atoms with E-state index in [2.05, 4.69) is 31.1 Å². The Morgan fingerprint density at radius 3 is 3.19 bits per heavy atom. The fourth-order valence-corrected chi connectivity index (χ4v) is 3.05. The second-order valence-corrected chi connectivity index (χ2v) is 5.30. The molecule has 1 unspecified atom stereocenters. The highest BCUT2D eigenvalue weighted by atomic mass is 79.9. The van der Waals surface area contributed by atoms with Crippen LogP contribution in [0.2, 0.25) is 5.02 Å². The van der Waals surface area contributed by atoms with Gasteiger partial charge in [-0.1, -0.05) is 11.6 Å². The first-order valence-electron chi connectivity index (χ1n) is 5.44. The third-order valence-corrected chi connectivity index (χ3v) is 3.67. The summed E-state index contributed by atoms with van der Waals surface area (Å²) in [7, 11) is 1.99. The van der Waals surface area contributed by atoms with Gasteiger partial charge in [-0.25, -0.2) is 4.98 Å². The Balaban J connectivity index is 2.22. The van der Waals surface area contributed by atoms with Gasteiger partial charge in [-0.15, -0.1) is 0 Å². The van der Waals surface area contributed by atoms with Gasteiger partial charge in [0.05, 0.1) is 9.50 Å². The minimum absolute atomic E-state index is 0.537. The summed E-state index contributed by atoms with van der Waals surface area (Å²) in [5.74, 6) is 1.00. The summed E-state index contributed by atoms with van der Waals surface area (Å²) >= 11 is 9.42. The molecular weight excluding hydrogens is 289 g/mol. The molecule has 1 aliphatic rings.